The quantitative estimate of drug-likeness (QED) is 0.619. The average Bonchev–Trinajstić information content (AvgIpc) is 2.43. The lowest BCUT2D eigenvalue weighted by atomic mass is 9.69. The van der Waals surface area contributed by atoms with E-state index in [1.165, 1.54) is 0 Å². The van der Waals surface area contributed by atoms with Gasteiger partial charge in [-0.15, -0.1) is 0 Å². The zero-order valence-corrected chi connectivity index (χ0v) is 11.9. The Morgan fingerprint density at radius 3 is 1.88 bits per heavy atom. The van der Waals surface area contributed by atoms with E-state index in [1.54, 1.807) is 6.92 Å². The molecule has 0 aliphatic carbocycles. The summed E-state index contributed by atoms with van der Waals surface area (Å²) in [6.07, 6.45) is 1.14. The summed E-state index contributed by atoms with van der Waals surface area (Å²) in [7, 11) is 0. The number of carbonyl (C=O) groups excluding carboxylic acids is 1. The fraction of sp³-hybridized carbons (Fsp3) is 0.929. The van der Waals surface area contributed by atoms with Crippen molar-refractivity contribution >= 4 is 5.91 Å². The van der Waals surface area contributed by atoms with Crippen molar-refractivity contribution in [2.24, 2.45) is 16.7 Å². The molecule has 0 aromatic heterocycles. The first-order valence-corrected chi connectivity index (χ1v) is 6.32. The molecule has 94 valence electrons. The topological polar surface area (TPSA) is 20.3 Å². The summed E-state index contributed by atoms with van der Waals surface area (Å²) in [5, 5.41) is 0. The molecule has 1 rings (SSSR count). The summed E-state index contributed by atoms with van der Waals surface area (Å²) in [6.45, 7) is 16.2. The second-order valence-electron chi connectivity index (χ2n) is 7.28. The molecule has 1 aliphatic heterocycles. The lowest BCUT2D eigenvalue weighted by molar-refractivity contribution is -0.132. The Morgan fingerprint density at radius 1 is 1.06 bits per heavy atom. The lowest BCUT2D eigenvalue weighted by Gasteiger charge is -2.42. The average molecular weight is 225 g/mol. The van der Waals surface area contributed by atoms with Crippen molar-refractivity contribution in [2.75, 3.05) is 6.54 Å². The highest BCUT2D eigenvalue weighted by atomic mass is 16.2. The minimum absolute atomic E-state index is 0.167. The second kappa shape index (κ2) is 4.05. The van der Waals surface area contributed by atoms with E-state index in [0.29, 0.717) is 12.0 Å². The van der Waals surface area contributed by atoms with Crippen LogP contribution < -0.4 is 0 Å². The fourth-order valence-corrected chi connectivity index (χ4v) is 3.12. The summed E-state index contributed by atoms with van der Waals surface area (Å²) in [6, 6.07) is 0.380. The van der Waals surface area contributed by atoms with E-state index < -0.39 is 0 Å². The van der Waals surface area contributed by atoms with Crippen molar-refractivity contribution in [3.05, 3.63) is 0 Å². The molecule has 2 nitrogen and oxygen atoms in total. The summed E-state index contributed by atoms with van der Waals surface area (Å²) in [5.74, 6) is 0.836. The normalized spacial score (nSPS) is 27.3. The Bertz CT molecular complexity index is 269. The number of likely N-dealkylation sites (tertiary alicyclic amines) is 1. The van der Waals surface area contributed by atoms with Crippen molar-refractivity contribution < 1.29 is 4.79 Å². The first-order chi connectivity index (χ1) is 7.05. The number of carbonyl (C=O) groups is 1. The van der Waals surface area contributed by atoms with Crippen LogP contribution in [-0.2, 0) is 4.79 Å². The third-order valence-corrected chi connectivity index (χ3v) is 3.80. The molecule has 0 aromatic rings. The van der Waals surface area contributed by atoms with Crippen LogP contribution in [0.15, 0.2) is 0 Å². The van der Waals surface area contributed by atoms with E-state index in [1.807, 2.05) is 0 Å². The standard InChI is InChI=1S/C14H27NO/c1-10(16)15-9-8-11(13(2,3)4)12(15)14(5,6)7/h11-12H,8-9H2,1-7H3. The van der Waals surface area contributed by atoms with Crippen molar-refractivity contribution in [3.63, 3.8) is 0 Å². The van der Waals surface area contributed by atoms with Crippen LogP contribution in [-0.4, -0.2) is 23.4 Å². The van der Waals surface area contributed by atoms with Crippen LogP contribution in [0.5, 0.6) is 0 Å². The smallest absolute Gasteiger partial charge is 0.219 e. The van der Waals surface area contributed by atoms with Gasteiger partial charge in [-0.2, -0.15) is 0 Å². The predicted molar refractivity (Wildman–Crippen MR) is 68.2 cm³/mol. The van der Waals surface area contributed by atoms with E-state index in [2.05, 4.69) is 46.4 Å². The summed E-state index contributed by atoms with van der Waals surface area (Å²) >= 11 is 0. The van der Waals surface area contributed by atoms with E-state index in [4.69, 9.17) is 0 Å². The molecule has 1 heterocycles. The van der Waals surface area contributed by atoms with Crippen LogP contribution in [0.1, 0.15) is 54.9 Å². The molecular formula is C14H27NO. The third-order valence-electron chi connectivity index (χ3n) is 3.80. The number of rotatable bonds is 0. The van der Waals surface area contributed by atoms with Crippen LogP contribution in [0.25, 0.3) is 0 Å². The van der Waals surface area contributed by atoms with Crippen molar-refractivity contribution in [1.82, 2.24) is 4.90 Å². The second-order valence-corrected chi connectivity index (χ2v) is 7.28. The lowest BCUT2D eigenvalue weighted by Crippen LogP contribution is -2.47. The van der Waals surface area contributed by atoms with Gasteiger partial charge in [0.15, 0.2) is 0 Å². The highest BCUT2D eigenvalue weighted by Crippen LogP contribution is 2.45. The molecule has 0 bridgehead atoms. The minimum Gasteiger partial charge on any atom is -0.339 e. The number of hydrogen-bond acceptors (Lipinski definition) is 1. The maximum Gasteiger partial charge on any atom is 0.219 e. The van der Waals surface area contributed by atoms with Crippen LogP contribution in [0.2, 0.25) is 0 Å². The Morgan fingerprint density at radius 2 is 1.56 bits per heavy atom. The first kappa shape index (κ1) is 13.5. The summed E-state index contributed by atoms with van der Waals surface area (Å²) < 4.78 is 0. The van der Waals surface area contributed by atoms with Crippen molar-refractivity contribution in [2.45, 2.75) is 60.9 Å². The molecule has 0 N–H and O–H groups in total. The van der Waals surface area contributed by atoms with Gasteiger partial charge in [-0.25, -0.2) is 0 Å². The van der Waals surface area contributed by atoms with Gasteiger partial charge < -0.3 is 4.90 Å². The molecule has 1 amide bonds. The van der Waals surface area contributed by atoms with Crippen LogP contribution in [0, 0.1) is 16.7 Å². The van der Waals surface area contributed by atoms with Gasteiger partial charge in [0, 0.05) is 19.5 Å². The largest absolute Gasteiger partial charge is 0.339 e. The van der Waals surface area contributed by atoms with Gasteiger partial charge in [0.05, 0.1) is 0 Å². The monoisotopic (exact) mass is 225 g/mol. The minimum atomic E-state index is 0.167. The van der Waals surface area contributed by atoms with Gasteiger partial charge in [0.25, 0.3) is 0 Å². The molecule has 0 radical (unpaired) electrons. The molecule has 2 heteroatoms. The van der Waals surface area contributed by atoms with Crippen LogP contribution >= 0.6 is 0 Å². The number of hydrogen-bond donors (Lipinski definition) is 0. The maximum atomic E-state index is 11.7. The Labute approximate surface area is 100 Å². The van der Waals surface area contributed by atoms with Gasteiger partial charge in [0.2, 0.25) is 5.91 Å². The molecule has 1 saturated heterocycles. The predicted octanol–water partition coefficient (Wildman–Crippen LogP) is 3.32. The number of nitrogens with zero attached hydrogens (tertiary/aromatic N) is 1. The molecule has 0 aromatic carbocycles. The first-order valence-electron chi connectivity index (χ1n) is 6.32. The van der Waals surface area contributed by atoms with Crippen molar-refractivity contribution in [3.8, 4) is 0 Å². The molecule has 1 fully saturated rings. The SMILES string of the molecule is CC(=O)N1CCC(C(C)(C)C)C1C(C)(C)C. The van der Waals surface area contributed by atoms with Gasteiger partial charge in [-0.3, -0.25) is 4.79 Å². The molecule has 2 unspecified atom stereocenters. The maximum absolute atomic E-state index is 11.7. The molecule has 0 saturated carbocycles. The Kier molecular flexibility index (Phi) is 3.42. The van der Waals surface area contributed by atoms with E-state index in [9.17, 15) is 4.79 Å². The van der Waals surface area contributed by atoms with Gasteiger partial charge in [0.1, 0.15) is 0 Å². The molecule has 2 atom stereocenters. The highest BCUT2D eigenvalue weighted by molar-refractivity contribution is 5.74. The van der Waals surface area contributed by atoms with E-state index in [-0.39, 0.29) is 16.7 Å². The van der Waals surface area contributed by atoms with E-state index in [0.717, 1.165) is 13.0 Å². The van der Waals surface area contributed by atoms with E-state index >= 15 is 0 Å². The van der Waals surface area contributed by atoms with Gasteiger partial charge in [-0.05, 0) is 23.2 Å². The zero-order valence-electron chi connectivity index (χ0n) is 11.9. The molecule has 1 aliphatic rings. The van der Waals surface area contributed by atoms with Crippen LogP contribution in [0.3, 0.4) is 0 Å². The van der Waals surface area contributed by atoms with Crippen LogP contribution in [0.4, 0.5) is 0 Å². The summed E-state index contributed by atoms with van der Waals surface area (Å²) in [4.78, 5) is 13.8. The Balaban J connectivity index is 3.03. The zero-order chi connectivity index (χ0) is 12.7. The number of amides is 1. The van der Waals surface area contributed by atoms with Gasteiger partial charge in [-0.1, -0.05) is 41.5 Å². The Hall–Kier alpha value is -0.530. The summed E-state index contributed by atoms with van der Waals surface area (Å²) in [5.41, 5.74) is 0.447. The van der Waals surface area contributed by atoms with Crippen molar-refractivity contribution in [1.29, 1.82) is 0 Å². The molecule has 0 spiro atoms. The highest BCUT2D eigenvalue weighted by Gasteiger charge is 2.46. The molecule has 16 heavy (non-hydrogen) atoms. The third kappa shape index (κ3) is 2.58. The fourth-order valence-electron chi connectivity index (χ4n) is 3.12. The molecular weight excluding hydrogens is 198 g/mol. The van der Waals surface area contributed by atoms with Gasteiger partial charge >= 0.3 is 0 Å².